The Hall–Kier alpha value is -2.49. The van der Waals surface area contributed by atoms with E-state index in [9.17, 15) is 17.6 Å². The summed E-state index contributed by atoms with van der Waals surface area (Å²) in [5.41, 5.74) is 1.58. The van der Waals surface area contributed by atoms with Crippen molar-refractivity contribution in [3.05, 3.63) is 53.3 Å². The van der Waals surface area contributed by atoms with Gasteiger partial charge in [0.1, 0.15) is 5.82 Å². The van der Waals surface area contributed by atoms with Gasteiger partial charge in [-0.3, -0.25) is 4.79 Å². The second kappa shape index (κ2) is 8.48. The number of carbonyl (C=O) groups is 1. The van der Waals surface area contributed by atoms with E-state index in [1.54, 1.807) is 25.1 Å². The first-order valence-corrected chi connectivity index (χ1v) is 10.6. The molecule has 1 fully saturated rings. The molecule has 0 bridgehead atoms. The Kier molecular flexibility index (Phi) is 6.21. The second-order valence-electron chi connectivity index (χ2n) is 6.98. The van der Waals surface area contributed by atoms with Gasteiger partial charge in [-0.2, -0.15) is 0 Å². The molecule has 29 heavy (non-hydrogen) atoms. The van der Waals surface area contributed by atoms with E-state index in [4.69, 9.17) is 4.74 Å². The lowest BCUT2D eigenvalue weighted by atomic mass is 10.1. The zero-order chi connectivity index (χ0) is 21.2. The number of nitrogens with one attached hydrogen (secondary N) is 1. The summed E-state index contributed by atoms with van der Waals surface area (Å²) in [7, 11) is -0.854. The average Bonchev–Trinajstić information content (AvgIpc) is 2.70. The predicted molar refractivity (Wildman–Crippen MR) is 109 cm³/mol. The van der Waals surface area contributed by atoms with Gasteiger partial charge in [0.25, 0.3) is 5.91 Å². The van der Waals surface area contributed by atoms with Crippen LogP contribution in [0.5, 0.6) is 0 Å². The summed E-state index contributed by atoms with van der Waals surface area (Å²) in [5, 5.41) is 2.67. The zero-order valence-corrected chi connectivity index (χ0v) is 17.4. The Morgan fingerprint density at radius 2 is 1.83 bits per heavy atom. The standard InChI is InChI=1S/C20H24FN3O4S/c1-14-4-5-15(12-18(14)21)22-20(25)17-13-16(29(26,27)23(2)3)6-7-19(17)24-8-10-28-11-9-24/h4-7,12-13H,8-11H2,1-3H3,(H,22,25). The van der Waals surface area contributed by atoms with Crippen molar-refractivity contribution >= 4 is 27.3 Å². The van der Waals surface area contributed by atoms with Crippen LogP contribution in [0.4, 0.5) is 15.8 Å². The van der Waals surface area contributed by atoms with Gasteiger partial charge in [-0.05, 0) is 42.8 Å². The van der Waals surface area contributed by atoms with E-state index in [2.05, 4.69) is 5.32 Å². The molecule has 0 radical (unpaired) electrons. The number of amides is 1. The number of hydrogen-bond acceptors (Lipinski definition) is 5. The molecule has 1 saturated heterocycles. The molecule has 2 aromatic rings. The highest BCUT2D eigenvalue weighted by molar-refractivity contribution is 7.89. The molecule has 1 amide bonds. The largest absolute Gasteiger partial charge is 0.378 e. The maximum absolute atomic E-state index is 13.9. The summed E-state index contributed by atoms with van der Waals surface area (Å²) in [6, 6.07) is 8.89. The lowest BCUT2D eigenvalue weighted by Gasteiger charge is -2.30. The van der Waals surface area contributed by atoms with Gasteiger partial charge in [0.15, 0.2) is 0 Å². The van der Waals surface area contributed by atoms with Crippen LogP contribution in [0, 0.1) is 12.7 Å². The molecule has 0 spiro atoms. The summed E-state index contributed by atoms with van der Waals surface area (Å²) >= 11 is 0. The van der Waals surface area contributed by atoms with Crippen LogP contribution in [0.2, 0.25) is 0 Å². The van der Waals surface area contributed by atoms with E-state index < -0.39 is 21.7 Å². The summed E-state index contributed by atoms with van der Waals surface area (Å²) in [5.74, 6) is -0.939. The molecule has 1 heterocycles. The first-order chi connectivity index (χ1) is 13.7. The van der Waals surface area contributed by atoms with Crippen molar-refractivity contribution in [1.29, 1.82) is 0 Å². The second-order valence-corrected chi connectivity index (χ2v) is 9.14. The highest BCUT2D eigenvalue weighted by atomic mass is 32.2. The van der Waals surface area contributed by atoms with Crippen LogP contribution in [0.25, 0.3) is 0 Å². The van der Waals surface area contributed by atoms with E-state index in [0.717, 1.165) is 4.31 Å². The third kappa shape index (κ3) is 4.58. The van der Waals surface area contributed by atoms with Crippen LogP contribution in [0.1, 0.15) is 15.9 Å². The van der Waals surface area contributed by atoms with E-state index in [1.807, 2.05) is 4.90 Å². The van der Waals surface area contributed by atoms with Gasteiger partial charge in [-0.25, -0.2) is 17.1 Å². The first-order valence-electron chi connectivity index (χ1n) is 9.17. The van der Waals surface area contributed by atoms with Crippen molar-refractivity contribution < 1.29 is 22.3 Å². The molecule has 0 atom stereocenters. The molecule has 1 aliphatic heterocycles. The Bertz CT molecular complexity index is 1020. The number of morpholine rings is 1. The zero-order valence-electron chi connectivity index (χ0n) is 16.6. The summed E-state index contributed by atoms with van der Waals surface area (Å²) < 4.78 is 45.4. The normalized spacial score (nSPS) is 14.9. The number of ether oxygens (including phenoxy) is 1. The smallest absolute Gasteiger partial charge is 0.257 e. The van der Waals surface area contributed by atoms with Gasteiger partial charge in [0.2, 0.25) is 10.0 Å². The third-order valence-electron chi connectivity index (χ3n) is 4.77. The minimum absolute atomic E-state index is 0.0137. The average molecular weight is 421 g/mol. The van der Waals surface area contributed by atoms with Gasteiger partial charge in [-0.1, -0.05) is 6.07 Å². The summed E-state index contributed by atoms with van der Waals surface area (Å²) in [6.45, 7) is 3.83. The van der Waals surface area contributed by atoms with E-state index >= 15 is 0 Å². The number of carbonyl (C=O) groups excluding carboxylic acids is 1. The van der Waals surface area contributed by atoms with Gasteiger partial charge in [0.05, 0.1) is 23.7 Å². The maximum Gasteiger partial charge on any atom is 0.257 e. The van der Waals surface area contributed by atoms with E-state index in [1.165, 1.54) is 32.3 Å². The fourth-order valence-electron chi connectivity index (χ4n) is 3.02. The fourth-order valence-corrected chi connectivity index (χ4v) is 3.95. The molecule has 0 aromatic heterocycles. The number of aryl methyl sites for hydroxylation is 1. The lowest BCUT2D eigenvalue weighted by Crippen LogP contribution is -2.37. The maximum atomic E-state index is 13.9. The monoisotopic (exact) mass is 421 g/mol. The van der Waals surface area contributed by atoms with Gasteiger partial charge in [0, 0.05) is 38.6 Å². The number of sulfonamides is 1. The quantitative estimate of drug-likeness (QED) is 0.803. The number of benzene rings is 2. The van der Waals surface area contributed by atoms with Crippen LogP contribution >= 0.6 is 0 Å². The van der Waals surface area contributed by atoms with Gasteiger partial charge >= 0.3 is 0 Å². The predicted octanol–water partition coefficient (Wildman–Crippen LogP) is 2.47. The minimum atomic E-state index is -3.72. The van der Waals surface area contributed by atoms with E-state index in [0.29, 0.717) is 43.2 Å². The molecule has 156 valence electrons. The SMILES string of the molecule is Cc1ccc(NC(=O)c2cc(S(=O)(=O)N(C)C)ccc2N2CCOCC2)cc1F. The van der Waals surface area contributed by atoms with Gasteiger partial charge in [-0.15, -0.1) is 0 Å². The highest BCUT2D eigenvalue weighted by Crippen LogP contribution is 2.27. The van der Waals surface area contributed by atoms with Crippen molar-refractivity contribution in [2.24, 2.45) is 0 Å². The molecule has 0 aliphatic carbocycles. The molecule has 0 saturated carbocycles. The summed E-state index contributed by atoms with van der Waals surface area (Å²) in [6.07, 6.45) is 0. The Morgan fingerprint density at radius 1 is 1.14 bits per heavy atom. The molecule has 1 aliphatic rings. The van der Waals surface area contributed by atoms with Crippen LogP contribution in [-0.4, -0.2) is 59.0 Å². The molecule has 9 heteroatoms. The number of nitrogens with zero attached hydrogens (tertiary/aromatic N) is 2. The van der Waals surface area contributed by atoms with Crippen molar-refractivity contribution in [3.63, 3.8) is 0 Å². The molecule has 1 N–H and O–H groups in total. The minimum Gasteiger partial charge on any atom is -0.378 e. The number of hydrogen-bond donors (Lipinski definition) is 1. The first kappa shape index (κ1) is 21.2. The molecular formula is C20H24FN3O4S. The Balaban J connectivity index is 2.02. The Morgan fingerprint density at radius 3 is 2.45 bits per heavy atom. The van der Waals surface area contributed by atoms with Crippen LogP contribution in [0.3, 0.4) is 0 Å². The molecule has 0 unspecified atom stereocenters. The Labute approximate surface area is 170 Å². The van der Waals surface area contributed by atoms with E-state index in [-0.39, 0.29) is 10.5 Å². The molecular weight excluding hydrogens is 397 g/mol. The third-order valence-corrected chi connectivity index (χ3v) is 6.58. The van der Waals surface area contributed by atoms with Gasteiger partial charge < -0.3 is 15.0 Å². The summed E-state index contributed by atoms with van der Waals surface area (Å²) in [4.78, 5) is 15.0. The van der Waals surface area contributed by atoms with Crippen molar-refractivity contribution in [1.82, 2.24) is 4.31 Å². The topological polar surface area (TPSA) is 79.0 Å². The van der Waals surface area contributed by atoms with Crippen molar-refractivity contribution in [3.8, 4) is 0 Å². The van der Waals surface area contributed by atoms with Crippen molar-refractivity contribution in [2.45, 2.75) is 11.8 Å². The number of halogens is 1. The van der Waals surface area contributed by atoms with Crippen LogP contribution < -0.4 is 10.2 Å². The number of anilines is 2. The van der Waals surface area contributed by atoms with Crippen LogP contribution in [-0.2, 0) is 14.8 Å². The fraction of sp³-hybridized carbons (Fsp3) is 0.350. The van der Waals surface area contributed by atoms with Crippen molar-refractivity contribution in [2.75, 3.05) is 50.6 Å². The lowest BCUT2D eigenvalue weighted by molar-refractivity contribution is 0.102. The molecule has 3 rings (SSSR count). The van der Waals surface area contributed by atoms with Crippen LogP contribution in [0.15, 0.2) is 41.3 Å². The molecule has 7 nitrogen and oxygen atoms in total. The molecule has 2 aromatic carbocycles. The highest BCUT2D eigenvalue weighted by Gasteiger charge is 2.24. The number of rotatable bonds is 5.